The van der Waals surface area contributed by atoms with Gasteiger partial charge in [-0.15, -0.1) is 0 Å². The summed E-state index contributed by atoms with van der Waals surface area (Å²) in [4.78, 5) is 10.9. The summed E-state index contributed by atoms with van der Waals surface area (Å²) in [5.41, 5.74) is 0. The lowest BCUT2D eigenvalue weighted by atomic mass is 10.1. The Morgan fingerprint density at radius 3 is 2.64 bits per heavy atom. The number of carboxylic acids is 1. The number of carbonyl (C=O) groups is 1. The second-order valence-electron chi connectivity index (χ2n) is 4.46. The highest BCUT2D eigenvalue weighted by molar-refractivity contribution is 5.74. The van der Waals surface area contributed by atoms with Crippen LogP contribution in [0.2, 0.25) is 0 Å². The van der Waals surface area contributed by atoms with Crippen LogP contribution < -0.4 is 5.32 Å². The molecular formula is C11H21NO2. The zero-order valence-electron chi connectivity index (χ0n) is 9.12. The van der Waals surface area contributed by atoms with E-state index in [1.807, 2.05) is 0 Å². The third kappa shape index (κ3) is 3.66. The predicted octanol–water partition coefficient (Wildman–Crippen LogP) is 1.88. The molecule has 2 atom stereocenters. The molecular weight excluding hydrogens is 178 g/mol. The summed E-state index contributed by atoms with van der Waals surface area (Å²) in [5.74, 6) is 0.290. The van der Waals surface area contributed by atoms with Crippen molar-refractivity contribution in [1.82, 2.24) is 5.32 Å². The maximum Gasteiger partial charge on any atom is 0.320 e. The largest absolute Gasteiger partial charge is 0.480 e. The molecule has 1 saturated carbocycles. The maximum absolute atomic E-state index is 10.9. The number of rotatable bonds is 7. The van der Waals surface area contributed by atoms with Gasteiger partial charge in [0.15, 0.2) is 0 Å². The van der Waals surface area contributed by atoms with Gasteiger partial charge < -0.3 is 10.4 Å². The van der Waals surface area contributed by atoms with Crippen LogP contribution >= 0.6 is 0 Å². The molecule has 1 aliphatic carbocycles. The van der Waals surface area contributed by atoms with Crippen LogP contribution in [0.15, 0.2) is 0 Å². The van der Waals surface area contributed by atoms with Crippen molar-refractivity contribution in [1.29, 1.82) is 0 Å². The molecule has 0 aliphatic heterocycles. The molecule has 2 N–H and O–H groups in total. The van der Waals surface area contributed by atoms with Gasteiger partial charge in [0, 0.05) is 0 Å². The van der Waals surface area contributed by atoms with E-state index < -0.39 is 5.97 Å². The molecule has 1 fully saturated rings. The van der Waals surface area contributed by atoms with Gasteiger partial charge in [-0.05, 0) is 37.6 Å². The topological polar surface area (TPSA) is 49.3 Å². The van der Waals surface area contributed by atoms with Crippen LogP contribution in [0.4, 0.5) is 0 Å². The summed E-state index contributed by atoms with van der Waals surface area (Å²) in [6.45, 7) is 5.16. The van der Waals surface area contributed by atoms with Gasteiger partial charge in [-0.25, -0.2) is 0 Å². The van der Waals surface area contributed by atoms with Crippen molar-refractivity contribution in [3.63, 3.8) is 0 Å². The summed E-state index contributed by atoms with van der Waals surface area (Å²) in [5, 5.41) is 12.1. The van der Waals surface area contributed by atoms with Gasteiger partial charge in [0.1, 0.15) is 6.04 Å². The molecule has 82 valence electrons. The molecule has 14 heavy (non-hydrogen) atoms. The van der Waals surface area contributed by atoms with Crippen molar-refractivity contribution in [2.45, 2.75) is 45.6 Å². The highest BCUT2D eigenvalue weighted by atomic mass is 16.4. The summed E-state index contributed by atoms with van der Waals surface area (Å²) in [6.07, 6.45) is 4.49. The first kappa shape index (κ1) is 11.5. The number of hydrogen-bond acceptors (Lipinski definition) is 2. The van der Waals surface area contributed by atoms with E-state index in [0.29, 0.717) is 11.8 Å². The highest BCUT2D eigenvalue weighted by Gasteiger charge is 2.35. The molecule has 3 nitrogen and oxygen atoms in total. The highest BCUT2D eigenvalue weighted by Crippen LogP contribution is 2.32. The molecule has 0 amide bonds. The minimum absolute atomic E-state index is 0.297. The maximum atomic E-state index is 10.9. The van der Waals surface area contributed by atoms with Crippen molar-refractivity contribution < 1.29 is 9.90 Å². The Balaban J connectivity index is 2.22. The monoisotopic (exact) mass is 199 g/mol. The van der Waals surface area contributed by atoms with E-state index in [2.05, 4.69) is 19.2 Å². The third-order valence-electron chi connectivity index (χ3n) is 2.83. The molecule has 0 saturated heterocycles. The number of aliphatic carboxylic acids is 1. The Labute approximate surface area is 85.9 Å². The Morgan fingerprint density at radius 2 is 2.21 bits per heavy atom. The Kier molecular flexibility index (Phi) is 4.39. The van der Waals surface area contributed by atoms with Gasteiger partial charge in [-0.3, -0.25) is 4.79 Å². The Bertz CT molecular complexity index is 190. The standard InChI is InChI=1S/C11H21NO2/c1-3-4-8(2)7-12-10(11(13)14)9-5-6-9/h8-10,12H,3-7H2,1-2H3,(H,13,14). The zero-order chi connectivity index (χ0) is 10.6. The number of nitrogens with one attached hydrogen (secondary N) is 1. The first-order valence-electron chi connectivity index (χ1n) is 5.61. The summed E-state index contributed by atoms with van der Waals surface area (Å²) in [6, 6.07) is -0.297. The fourth-order valence-electron chi connectivity index (χ4n) is 1.81. The fourth-order valence-corrected chi connectivity index (χ4v) is 1.81. The van der Waals surface area contributed by atoms with Gasteiger partial charge >= 0.3 is 5.97 Å². The van der Waals surface area contributed by atoms with Crippen LogP contribution in [0, 0.1) is 11.8 Å². The van der Waals surface area contributed by atoms with Crippen molar-refractivity contribution in [2.75, 3.05) is 6.54 Å². The number of hydrogen-bond donors (Lipinski definition) is 2. The van der Waals surface area contributed by atoms with Crippen molar-refractivity contribution in [3.05, 3.63) is 0 Å². The van der Waals surface area contributed by atoms with E-state index >= 15 is 0 Å². The molecule has 3 heteroatoms. The van der Waals surface area contributed by atoms with Crippen LogP contribution in [0.25, 0.3) is 0 Å². The van der Waals surface area contributed by atoms with Crippen LogP contribution in [0.5, 0.6) is 0 Å². The fraction of sp³-hybridized carbons (Fsp3) is 0.909. The van der Waals surface area contributed by atoms with Crippen LogP contribution in [0.1, 0.15) is 39.5 Å². The minimum atomic E-state index is -0.684. The Hall–Kier alpha value is -0.570. The zero-order valence-corrected chi connectivity index (χ0v) is 9.12. The molecule has 0 aromatic heterocycles. The second kappa shape index (κ2) is 5.35. The van der Waals surface area contributed by atoms with Gasteiger partial charge in [-0.1, -0.05) is 20.3 Å². The third-order valence-corrected chi connectivity index (χ3v) is 2.83. The first-order chi connectivity index (χ1) is 6.65. The summed E-state index contributed by atoms with van der Waals surface area (Å²) in [7, 11) is 0. The normalized spacial score (nSPS) is 20.4. The van der Waals surface area contributed by atoms with Crippen molar-refractivity contribution in [3.8, 4) is 0 Å². The number of carboxylic acid groups (broad SMARTS) is 1. The SMILES string of the molecule is CCCC(C)CNC(C(=O)O)C1CC1. The van der Waals surface area contributed by atoms with Gasteiger partial charge in [0.05, 0.1) is 0 Å². The quantitative estimate of drug-likeness (QED) is 0.658. The molecule has 0 aromatic carbocycles. The lowest BCUT2D eigenvalue weighted by Crippen LogP contribution is -2.40. The second-order valence-corrected chi connectivity index (χ2v) is 4.46. The average Bonchev–Trinajstić information content (AvgIpc) is 2.88. The summed E-state index contributed by atoms with van der Waals surface area (Å²) < 4.78 is 0. The summed E-state index contributed by atoms with van der Waals surface area (Å²) >= 11 is 0. The van der Waals surface area contributed by atoms with Gasteiger partial charge in [0.2, 0.25) is 0 Å². The molecule has 0 bridgehead atoms. The van der Waals surface area contributed by atoms with E-state index in [1.54, 1.807) is 0 Å². The first-order valence-corrected chi connectivity index (χ1v) is 5.61. The van der Waals surface area contributed by atoms with Crippen molar-refractivity contribution in [2.24, 2.45) is 11.8 Å². The smallest absolute Gasteiger partial charge is 0.320 e. The van der Waals surface area contributed by atoms with E-state index in [9.17, 15) is 4.79 Å². The van der Waals surface area contributed by atoms with Crippen LogP contribution in [-0.2, 0) is 4.79 Å². The molecule has 0 heterocycles. The van der Waals surface area contributed by atoms with Crippen molar-refractivity contribution >= 4 is 5.97 Å². The molecule has 2 unspecified atom stereocenters. The van der Waals surface area contributed by atoms with Crippen LogP contribution in [0.3, 0.4) is 0 Å². The Morgan fingerprint density at radius 1 is 1.57 bits per heavy atom. The van der Waals surface area contributed by atoms with Crippen LogP contribution in [-0.4, -0.2) is 23.7 Å². The molecule has 1 aliphatic rings. The average molecular weight is 199 g/mol. The lowest BCUT2D eigenvalue weighted by Gasteiger charge is -2.17. The van der Waals surface area contributed by atoms with E-state index in [-0.39, 0.29) is 6.04 Å². The van der Waals surface area contributed by atoms with Gasteiger partial charge in [0.25, 0.3) is 0 Å². The lowest BCUT2D eigenvalue weighted by molar-refractivity contribution is -0.140. The van der Waals surface area contributed by atoms with E-state index in [4.69, 9.17) is 5.11 Å². The van der Waals surface area contributed by atoms with E-state index in [1.165, 1.54) is 12.8 Å². The molecule has 0 aromatic rings. The molecule has 0 radical (unpaired) electrons. The predicted molar refractivity (Wildman–Crippen MR) is 56.2 cm³/mol. The van der Waals surface area contributed by atoms with Gasteiger partial charge in [-0.2, -0.15) is 0 Å². The molecule has 1 rings (SSSR count). The molecule has 0 spiro atoms. The minimum Gasteiger partial charge on any atom is -0.480 e. The van der Waals surface area contributed by atoms with E-state index in [0.717, 1.165) is 19.4 Å².